The summed E-state index contributed by atoms with van der Waals surface area (Å²) in [5.41, 5.74) is 0.944. The first kappa shape index (κ1) is 15.3. The molecule has 1 saturated carbocycles. The molecule has 2 heterocycles. The molecule has 1 aromatic heterocycles. The summed E-state index contributed by atoms with van der Waals surface area (Å²) >= 11 is 0. The number of carbonyl (C=O) groups excluding carboxylic acids is 1. The van der Waals surface area contributed by atoms with Crippen LogP contribution >= 0.6 is 0 Å². The van der Waals surface area contributed by atoms with Gasteiger partial charge in [-0.2, -0.15) is 0 Å². The van der Waals surface area contributed by atoms with Crippen LogP contribution in [-0.4, -0.2) is 42.2 Å². The summed E-state index contributed by atoms with van der Waals surface area (Å²) in [5.74, 6) is 1.31. The first-order chi connectivity index (χ1) is 10.7. The fraction of sp³-hybridized carbons (Fsp3) is 0.647. The van der Waals surface area contributed by atoms with Crippen LogP contribution in [0.1, 0.15) is 37.8 Å². The molecule has 2 aliphatic rings. The van der Waals surface area contributed by atoms with Gasteiger partial charge in [-0.3, -0.25) is 14.7 Å². The van der Waals surface area contributed by atoms with Crippen molar-refractivity contribution in [3.8, 4) is 5.75 Å². The number of fused-ring (bicyclic) bond motifs is 1. The molecule has 1 aliphatic carbocycles. The Hall–Kier alpha value is -1.62. The Bertz CT molecular complexity index is 534. The Morgan fingerprint density at radius 2 is 2.18 bits per heavy atom. The minimum Gasteiger partial charge on any atom is -0.497 e. The standard InChI is InChI=1S/C17H24N2O3/c1-21-14-7-8-18-13(10-14)11-19-15-6-4-3-5-12(15)9-16(19)17(20)22-2/h7-8,10,12,15-16H,3-6,9,11H2,1-2H3/t12-,15+,16-/m0/s1. The summed E-state index contributed by atoms with van der Waals surface area (Å²) in [6.45, 7) is 0.679. The van der Waals surface area contributed by atoms with E-state index in [0.29, 0.717) is 18.5 Å². The van der Waals surface area contributed by atoms with Gasteiger partial charge in [0.15, 0.2) is 0 Å². The average molecular weight is 304 g/mol. The molecule has 120 valence electrons. The number of esters is 1. The van der Waals surface area contributed by atoms with E-state index in [1.165, 1.54) is 32.8 Å². The number of hydrogen-bond acceptors (Lipinski definition) is 5. The minimum absolute atomic E-state index is 0.114. The van der Waals surface area contributed by atoms with Gasteiger partial charge in [0, 0.05) is 24.8 Å². The molecule has 0 spiro atoms. The predicted molar refractivity (Wildman–Crippen MR) is 82.5 cm³/mol. The molecule has 0 unspecified atom stereocenters. The monoisotopic (exact) mass is 304 g/mol. The van der Waals surface area contributed by atoms with Gasteiger partial charge in [0.1, 0.15) is 11.8 Å². The topological polar surface area (TPSA) is 51.7 Å². The van der Waals surface area contributed by atoms with Crippen LogP contribution in [0.4, 0.5) is 0 Å². The molecule has 5 heteroatoms. The lowest BCUT2D eigenvalue weighted by Gasteiger charge is -2.33. The number of pyridine rings is 1. The lowest BCUT2D eigenvalue weighted by atomic mass is 9.85. The molecule has 0 aromatic carbocycles. The van der Waals surface area contributed by atoms with Crippen molar-refractivity contribution in [2.45, 2.75) is 50.7 Å². The van der Waals surface area contributed by atoms with E-state index in [1.54, 1.807) is 13.3 Å². The third kappa shape index (κ3) is 2.95. The third-order valence-electron chi connectivity index (χ3n) is 5.06. The van der Waals surface area contributed by atoms with Crippen LogP contribution in [0.3, 0.4) is 0 Å². The fourth-order valence-corrected chi connectivity index (χ4v) is 4.00. The molecule has 0 radical (unpaired) electrons. The highest BCUT2D eigenvalue weighted by Gasteiger charge is 2.45. The van der Waals surface area contributed by atoms with Crippen molar-refractivity contribution in [3.05, 3.63) is 24.0 Å². The number of ether oxygens (including phenoxy) is 2. The van der Waals surface area contributed by atoms with Crippen LogP contribution in [-0.2, 0) is 16.1 Å². The maximum Gasteiger partial charge on any atom is 0.323 e. The maximum absolute atomic E-state index is 12.2. The number of hydrogen-bond donors (Lipinski definition) is 0. The highest BCUT2D eigenvalue weighted by atomic mass is 16.5. The molecule has 5 nitrogen and oxygen atoms in total. The lowest BCUT2D eigenvalue weighted by molar-refractivity contribution is -0.146. The molecule has 0 amide bonds. The summed E-state index contributed by atoms with van der Waals surface area (Å²) in [6.07, 6.45) is 7.59. The van der Waals surface area contributed by atoms with Crippen LogP contribution in [0.25, 0.3) is 0 Å². The van der Waals surface area contributed by atoms with Crippen LogP contribution < -0.4 is 4.74 Å². The second-order valence-electron chi connectivity index (χ2n) is 6.25. The predicted octanol–water partition coefficient (Wildman–Crippen LogP) is 2.40. The first-order valence-electron chi connectivity index (χ1n) is 8.05. The molecule has 22 heavy (non-hydrogen) atoms. The SMILES string of the molecule is COC(=O)[C@@H]1C[C@@H]2CCCC[C@H]2N1Cc1cc(OC)ccn1. The Morgan fingerprint density at radius 3 is 2.95 bits per heavy atom. The van der Waals surface area contributed by atoms with E-state index >= 15 is 0 Å². The summed E-state index contributed by atoms with van der Waals surface area (Å²) in [7, 11) is 3.13. The van der Waals surface area contributed by atoms with Crippen LogP contribution in [0.2, 0.25) is 0 Å². The van der Waals surface area contributed by atoms with E-state index < -0.39 is 0 Å². The Kier molecular flexibility index (Phi) is 4.62. The highest BCUT2D eigenvalue weighted by molar-refractivity contribution is 5.76. The Balaban J connectivity index is 1.81. The zero-order valence-electron chi connectivity index (χ0n) is 13.3. The molecule has 1 aliphatic heterocycles. The first-order valence-corrected chi connectivity index (χ1v) is 8.05. The largest absolute Gasteiger partial charge is 0.497 e. The number of nitrogens with zero attached hydrogens (tertiary/aromatic N) is 2. The van der Waals surface area contributed by atoms with Crippen molar-refractivity contribution in [2.75, 3.05) is 14.2 Å². The Labute approximate surface area is 131 Å². The van der Waals surface area contributed by atoms with E-state index in [1.807, 2.05) is 12.1 Å². The van der Waals surface area contributed by atoms with E-state index in [4.69, 9.17) is 9.47 Å². The molecule has 1 aromatic rings. The fourth-order valence-electron chi connectivity index (χ4n) is 4.00. The quantitative estimate of drug-likeness (QED) is 0.800. The number of methoxy groups -OCH3 is 2. The maximum atomic E-state index is 12.2. The summed E-state index contributed by atoms with van der Waals surface area (Å²) in [6, 6.07) is 4.14. The second kappa shape index (κ2) is 6.65. The molecule has 3 rings (SSSR count). The van der Waals surface area contributed by atoms with E-state index in [0.717, 1.165) is 17.9 Å². The Morgan fingerprint density at radius 1 is 1.36 bits per heavy atom. The van der Waals surface area contributed by atoms with Gasteiger partial charge in [-0.15, -0.1) is 0 Å². The molecular weight excluding hydrogens is 280 g/mol. The van der Waals surface area contributed by atoms with Gasteiger partial charge in [-0.1, -0.05) is 12.8 Å². The zero-order valence-corrected chi connectivity index (χ0v) is 13.3. The molecule has 3 atom stereocenters. The minimum atomic E-state index is -0.133. The molecule has 0 bridgehead atoms. The van der Waals surface area contributed by atoms with Crippen molar-refractivity contribution >= 4 is 5.97 Å². The van der Waals surface area contributed by atoms with Crippen molar-refractivity contribution in [1.29, 1.82) is 0 Å². The van der Waals surface area contributed by atoms with Crippen molar-refractivity contribution < 1.29 is 14.3 Å². The van der Waals surface area contributed by atoms with Gasteiger partial charge >= 0.3 is 5.97 Å². The number of likely N-dealkylation sites (tertiary alicyclic amines) is 1. The van der Waals surface area contributed by atoms with Gasteiger partial charge in [0.05, 0.1) is 19.9 Å². The summed E-state index contributed by atoms with van der Waals surface area (Å²) < 4.78 is 10.3. The normalized spacial score (nSPS) is 28.2. The van der Waals surface area contributed by atoms with Gasteiger partial charge in [0.25, 0.3) is 0 Å². The van der Waals surface area contributed by atoms with Gasteiger partial charge < -0.3 is 9.47 Å². The molecule has 1 saturated heterocycles. The van der Waals surface area contributed by atoms with E-state index in [-0.39, 0.29) is 12.0 Å². The second-order valence-corrected chi connectivity index (χ2v) is 6.25. The highest BCUT2D eigenvalue weighted by Crippen LogP contribution is 2.40. The molecule has 2 fully saturated rings. The molecule has 0 N–H and O–H groups in total. The number of rotatable bonds is 4. The lowest BCUT2D eigenvalue weighted by Crippen LogP contribution is -2.42. The number of carbonyl (C=O) groups is 1. The van der Waals surface area contributed by atoms with Gasteiger partial charge in [0.2, 0.25) is 0 Å². The van der Waals surface area contributed by atoms with Crippen LogP contribution in [0.15, 0.2) is 18.3 Å². The van der Waals surface area contributed by atoms with Gasteiger partial charge in [-0.25, -0.2) is 0 Å². The van der Waals surface area contributed by atoms with Crippen LogP contribution in [0.5, 0.6) is 5.75 Å². The van der Waals surface area contributed by atoms with Crippen molar-refractivity contribution in [2.24, 2.45) is 5.92 Å². The molecular formula is C17H24N2O3. The van der Waals surface area contributed by atoms with Crippen molar-refractivity contribution in [1.82, 2.24) is 9.88 Å². The van der Waals surface area contributed by atoms with Crippen molar-refractivity contribution in [3.63, 3.8) is 0 Å². The summed E-state index contributed by atoms with van der Waals surface area (Å²) in [5, 5.41) is 0. The zero-order chi connectivity index (χ0) is 15.5. The smallest absolute Gasteiger partial charge is 0.323 e. The van der Waals surface area contributed by atoms with E-state index in [2.05, 4.69) is 9.88 Å². The third-order valence-corrected chi connectivity index (χ3v) is 5.06. The van der Waals surface area contributed by atoms with E-state index in [9.17, 15) is 4.79 Å². The summed E-state index contributed by atoms with van der Waals surface area (Å²) in [4.78, 5) is 18.9. The van der Waals surface area contributed by atoms with Gasteiger partial charge in [-0.05, 0) is 31.2 Å². The average Bonchev–Trinajstić information content (AvgIpc) is 2.93. The van der Waals surface area contributed by atoms with Crippen LogP contribution in [0, 0.1) is 5.92 Å². The number of aromatic nitrogens is 1.